The zero-order valence-corrected chi connectivity index (χ0v) is 16.0. The van der Waals surface area contributed by atoms with E-state index >= 15 is 0 Å². The fraction of sp³-hybridized carbons (Fsp3) is 0.273. The molecule has 0 radical (unpaired) electrons. The molecule has 0 aliphatic heterocycles. The Bertz CT molecular complexity index is 753. The number of aliphatic hydroxyl groups is 1. The van der Waals surface area contributed by atoms with Crippen molar-refractivity contribution in [3.05, 3.63) is 95.0 Å². The average Bonchev–Trinajstić information content (AvgIpc) is 2.72. The van der Waals surface area contributed by atoms with E-state index in [1.165, 1.54) is 0 Å². The van der Waals surface area contributed by atoms with Crippen LogP contribution < -0.4 is 0 Å². The van der Waals surface area contributed by atoms with Crippen molar-refractivity contribution in [2.75, 3.05) is 19.6 Å². The summed E-state index contributed by atoms with van der Waals surface area (Å²) in [7, 11) is 0. The maximum Gasteiger partial charge on any atom is 0.0916 e. The summed E-state index contributed by atoms with van der Waals surface area (Å²) in [6.07, 6.45) is 4.76. The summed E-state index contributed by atoms with van der Waals surface area (Å²) >= 11 is 5.95. The summed E-state index contributed by atoms with van der Waals surface area (Å²) in [5, 5.41) is 11.3. The first kappa shape index (κ1) is 19.5. The number of aliphatic hydroxyl groups excluding tert-OH is 1. The second kappa shape index (κ2) is 10.2. The van der Waals surface area contributed by atoms with Crippen LogP contribution in [0.5, 0.6) is 0 Å². The van der Waals surface area contributed by atoms with E-state index in [4.69, 9.17) is 11.6 Å². The largest absolute Gasteiger partial charge is 0.387 e. The van der Waals surface area contributed by atoms with E-state index < -0.39 is 6.10 Å². The maximum atomic E-state index is 10.7. The maximum absolute atomic E-state index is 10.7. The lowest BCUT2D eigenvalue weighted by atomic mass is 10.1. The van der Waals surface area contributed by atoms with E-state index in [9.17, 15) is 5.11 Å². The molecule has 5 heteroatoms. The summed E-state index contributed by atoms with van der Waals surface area (Å²) < 4.78 is 0. The number of rotatable bonds is 9. The number of aromatic nitrogens is 2. The van der Waals surface area contributed by atoms with Gasteiger partial charge in [0.2, 0.25) is 0 Å². The minimum atomic E-state index is -0.560. The number of nitrogens with zero attached hydrogens (tertiary/aromatic N) is 3. The smallest absolute Gasteiger partial charge is 0.0916 e. The Morgan fingerprint density at radius 2 is 1.37 bits per heavy atom. The van der Waals surface area contributed by atoms with Gasteiger partial charge in [-0.2, -0.15) is 0 Å². The van der Waals surface area contributed by atoms with Crippen LogP contribution in [0.3, 0.4) is 0 Å². The lowest BCUT2D eigenvalue weighted by Gasteiger charge is -2.25. The van der Waals surface area contributed by atoms with Gasteiger partial charge in [0.25, 0.3) is 0 Å². The molecule has 3 rings (SSSR count). The van der Waals surface area contributed by atoms with Crippen molar-refractivity contribution >= 4 is 11.6 Å². The van der Waals surface area contributed by atoms with E-state index in [0.29, 0.717) is 11.6 Å². The van der Waals surface area contributed by atoms with Crippen LogP contribution in [-0.4, -0.2) is 39.6 Å². The lowest BCUT2D eigenvalue weighted by molar-refractivity contribution is 0.114. The molecule has 3 aromatic rings. The molecule has 0 amide bonds. The van der Waals surface area contributed by atoms with Gasteiger partial charge in [0.1, 0.15) is 0 Å². The van der Waals surface area contributed by atoms with Crippen molar-refractivity contribution in [3.8, 4) is 0 Å². The molecule has 27 heavy (non-hydrogen) atoms. The summed E-state index contributed by atoms with van der Waals surface area (Å²) in [6.45, 7) is 2.21. The van der Waals surface area contributed by atoms with Crippen LogP contribution >= 0.6 is 11.6 Å². The zero-order chi connectivity index (χ0) is 18.9. The first-order chi connectivity index (χ1) is 13.2. The third kappa shape index (κ3) is 6.43. The van der Waals surface area contributed by atoms with E-state index in [0.717, 1.165) is 42.9 Å². The van der Waals surface area contributed by atoms with Crippen LogP contribution in [0.4, 0.5) is 0 Å². The second-order valence-corrected chi connectivity index (χ2v) is 6.95. The lowest BCUT2D eigenvalue weighted by Crippen LogP contribution is -2.33. The Morgan fingerprint density at radius 1 is 0.815 bits per heavy atom. The molecule has 0 fully saturated rings. The Kier molecular flexibility index (Phi) is 7.34. The predicted molar refractivity (Wildman–Crippen MR) is 109 cm³/mol. The Morgan fingerprint density at radius 3 is 1.85 bits per heavy atom. The number of halogens is 1. The summed E-state index contributed by atoms with van der Waals surface area (Å²) in [5.74, 6) is 0. The Balaban J connectivity index is 1.63. The van der Waals surface area contributed by atoms with Gasteiger partial charge < -0.3 is 5.11 Å². The van der Waals surface area contributed by atoms with E-state index in [1.807, 2.05) is 73.1 Å². The molecule has 140 valence electrons. The molecule has 2 heterocycles. The average molecular weight is 382 g/mol. The van der Waals surface area contributed by atoms with Crippen LogP contribution in [0, 0.1) is 0 Å². The SMILES string of the molecule is OC(CN(CCc1ccccn1)CCc1ccccn1)c1ccc(Cl)cc1. The van der Waals surface area contributed by atoms with Crippen molar-refractivity contribution in [1.29, 1.82) is 0 Å². The van der Waals surface area contributed by atoms with Crippen LogP contribution in [0.15, 0.2) is 73.1 Å². The minimum Gasteiger partial charge on any atom is -0.387 e. The molecule has 1 unspecified atom stereocenters. The summed E-state index contributed by atoms with van der Waals surface area (Å²) in [5.41, 5.74) is 2.99. The van der Waals surface area contributed by atoms with Crippen molar-refractivity contribution < 1.29 is 5.11 Å². The standard InChI is InChI=1S/C22H24ClN3O/c23-19-9-7-18(8-10-19)22(27)17-26(15-11-20-5-1-3-13-24-20)16-12-21-6-2-4-14-25-21/h1-10,13-14,22,27H,11-12,15-17H2. The van der Waals surface area contributed by atoms with Crippen LogP contribution in [0.1, 0.15) is 23.1 Å². The molecule has 0 saturated carbocycles. The number of hydrogen-bond donors (Lipinski definition) is 1. The predicted octanol–water partition coefficient (Wildman–Crippen LogP) is 3.95. The topological polar surface area (TPSA) is 49.2 Å². The fourth-order valence-electron chi connectivity index (χ4n) is 2.97. The van der Waals surface area contributed by atoms with Crippen molar-refractivity contribution in [2.24, 2.45) is 0 Å². The molecule has 1 N–H and O–H groups in total. The summed E-state index contributed by atoms with van der Waals surface area (Å²) in [6, 6.07) is 19.3. The van der Waals surface area contributed by atoms with Crippen LogP contribution in [-0.2, 0) is 12.8 Å². The van der Waals surface area contributed by atoms with E-state index in [1.54, 1.807) is 0 Å². The minimum absolute atomic E-state index is 0.557. The molecule has 0 aliphatic rings. The van der Waals surface area contributed by atoms with Gasteiger partial charge in [0, 0.05) is 61.3 Å². The highest BCUT2D eigenvalue weighted by atomic mass is 35.5. The third-order valence-corrected chi connectivity index (χ3v) is 4.76. The van der Waals surface area contributed by atoms with Gasteiger partial charge >= 0.3 is 0 Å². The van der Waals surface area contributed by atoms with Crippen molar-refractivity contribution in [1.82, 2.24) is 14.9 Å². The fourth-order valence-corrected chi connectivity index (χ4v) is 3.09. The van der Waals surface area contributed by atoms with Crippen molar-refractivity contribution in [3.63, 3.8) is 0 Å². The highest BCUT2D eigenvalue weighted by Gasteiger charge is 2.14. The van der Waals surface area contributed by atoms with Gasteiger partial charge in [-0.1, -0.05) is 35.9 Å². The van der Waals surface area contributed by atoms with Crippen molar-refractivity contribution in [2.45, 2.75) is 18.9 Å². The molecule has 1 aromatic carbocycles. The van der Waals surface area contributed by atoms with Crippen LogP contribution in [0.25, 0.3) is 0 Å². The molecule has 0 saturated heterocycles. The first-order valence-corrected chi connectivity index (χ1v) is 9.54. The normalized spacial score (nSPS) is 12.3. The molecular formula is C22H24ClN3O. The molecule has 0 spiro atoms. The number of benzene rings is 1. The van der Waals surface area contributed by atoms with Crippen LogP contribution in [0.2, 0.25) is 5.02 Å². The highest BCUT2D eigenvalue weighted by Crippen LogP contribution is 2.18. The molecule has 0 bridgehead atoms. The zero-order valence-electron chi connectivity index (χ0n) is 15.2. The third-order valence-electron chi connectivity index (χ3n) is 4.51. The second-order valence-electron chi connectivity index (χ2n) is 6.51. The summed E-state index contributed by atoms with van der Waals surface area (Å²) in [4.78, 5) is 11.1. The molecule has 1 atom stereocenters. The Hall–Kier alpha value is -2.27. The van der Waals surface area contributed by atoms with Gasteiger partial charge in [0.15, 0.2) is 0 Å². The van der Waals surface area contributed by atoms with E-state index in [-0.39, 0.29) is 0 Å². The van der Waals surface area contributed by atoms with E-state index in [2.05, 4.69) is 14.9 Å². The van der Waals surface area contributed by atoms with Gasteiger partial charge in [-0.05, 0) is 42.0 Å². The monoisotopic (exact) mass is 381 g/mol. The molecular weight excluding hydrogens is 358 g/mol. The quantitative estimate of drug-likeness (QED) is 0.609. The molecule has 4 nitrogen and oxygen atoms in total. The van der Waals surface area contributed by atoms with Gasteiger partial charge in [-0.3, -0.25) is 14.9 Å². The van der Waals surface area contributed by atoms with Gasteiger partial charge in [0.05, 0.1) is 6.10 Å². The van der Waals surface area contributed by atoms with Gasteiger partial charge in [-0.25, -0.2) is 0 Å². The molecule has 0 aliphatic carbocycles. The number of pyridine rings is 2. The Labute approximate surface area is 165 Å². The number of hydrogen-bond acceptors (Lipinski definition) is 4. The first-order valence-electron chi connectivity index (χ1n) is 9.16. The highest BCUT2D eigenvalue weighted by molar-refractivity contribution is 6.30. The van der Waals surface area contributed by atoms with Gasteiger partial charge in [-0.15, -0.1) is 0 Å². The molecule has 2 aromatic heterocycles.